The highest BCUT2D eigenvalue weighted by Crippen LogP contribution is 2.27. The lowest BCUT2D eigenvalue weighted by atomic mass is 10.1. The van der Waals surface area contributed by atoms with Crippen LogP contribution in [0.3, 0.4) is 0 Å². The molecule has 2 atom stereocenters. The van der Waals surface area contributed by atoms with Gasteiger partial charge in [0.15, 0.2) is 0 Å². The van der Waals surface area contributed by atoms with Gasteiger partial charge in [0.1, 0.15) is 5.82 Å². The van der Waals surface area contributed by atoms with Crippen LogP contribution in [0.1, 0.15) is 28.8 Å². The number of benzene rings is 1. The van der Waals surface area contributed by atoms with Crippen LogP contribution in [-0.4, -0.2) is 43.3 Å². The van der Waals surface area contributed by atoms with Gasteiger partial charge in [0, 0.05) is 19.6 Å². The van der Waals surface area contributed by atoms with Gasteiger partial charge in [-0.3, -0.25) is 4.90 Å². The average Bonchev–Trinajstić information content (AvgIpc) is 2.77. The number of hydrogen-bond donors (Lipinski definition) is 0. The number of rotatable bonds is 3. The molecular formula is C15H18FNO3. The monoisotopic (exact) mass is 279 g/mol. The number of carbonyl (C=O) groups excluding carboxylic acids is 1. The van der Waals surface area contributed by atoms with E-state index in [4.69, 9.17) is 4.74 Å². The van der Waals surface area contributed by atoms with E-state index in [1.807, 2.05) is 0 Å². The summed E-state index contributed by atoms with van der Waals surface area (Å²) in [5.41, 5.74) is 0.856. The number of nitrogens with zero attached hydrogens (tertiary/aromatic N) is 1. The number of halogens is 1. The molecule has 0 amide bonds. The molecule has 2 bridgehead atoms. The van der Waals surface area contributed by atoms with Gasteiger partial charge in [0.25, 0.3) is 0 Å². The first-order valence-corrected chi connectivity index (χ1v) is 6.90. The van der Waals surface area contributed by atoms with Crippen LogP contribution in [0.2, 0.25) is 0 Å². The molecule has 2 saturated heterocycles. The first kappa shape index (κ1) is 13.5. The maximum Gasteiger partial charge on any atom is 0.340 e. The molecule has 108 valence electrons. The lowest BCUT2D eigenvalue weighted by molar-refractivity contribution is -0.0410. The molecule has 0 aliphatic carbocycles. The fourth-order valence-corrected chi connectivity index (χ4v) is 3.02. The quantitative estimate of drug-likeness (QED) is 0.793. The Balaban J connectivity index is 1.69. The SMILES string of the molecule is COC(=O)c1ccc(CN2CC3CCC(C2)O3)cc1F. The minimum absolute atomic E-state index is 0.0155. The van der Waals surface area contributed by atoms with E-state index in [1.54, 1.807) is 6.07 Å². The van der Waals surface area contributed by atoms with Gasteiger partial charge in [-0.2, -0.15) is 0 Å². The van der Waals surface area contributed by atoms with E-state index in [9.17, 15) is 9.18 Å². The number of hydrogen-bond acceptors (Lipinski definition) is 4. The largest absolute Gasteiger partial charge is 0.465 e. The third kappa shape index (κ3) is 2.69. The minimum Gasteiger partial charge on any atom is -0.465 e. The Morgan fingerprint density at radius 2 is 2.10 bits per heavy atom. The molecule has 0 radical (unpaired) electrons. The second-order valence-corrected chi connectivity index (χ2v) is 5.46. The maximum absolute atomic E-state index is 13.9. The van der Waals surface area contributed by atoms with Gasteiger partial charge in [0.2, 0.25) is 0 Å². The van der Waals surface area contributed by atoms with Gasteiger partial charge >= 0.3 is 5.97 Å². The molecule has 2 fully saturated rings. The molecule has 0 spiro atoms. The molecule has 1 aromatic carbocycles. The zero-order valence-corrected chi connectivity index (χ0v) is 11.5. The van der Waals surface area contributed by atoms with Crippen molar-refractivity contribution in [3.05, 3.63) is 35.1 Å². The number of methoxy groups -OCH3 is 1. The summed E-state index contributed by atoms with van der Waals surface area (Å²) in [4.78, 5) is 13.6. The molecule has 4 nitrogen and oxygen atoms in total. The van der Waals surface area contributed by atoms with E-state index in [0.29, 0.717) is 18.8 Å². The first-order chi connectivity index (χ1) is 9.65. The van der Waals surface area contributed by atoms with Crippen molar-refractivity contribution >= 4 is 5.97 Å². The molecule has 0 N–H and O–H groups in total. The third-order valence-corrected chi connectivity index (χ3v) is 3.96. The minimum atomic E-state index is -0.640. The number of carbonyl (C=O) groups is 1. The molecule has 0 saturated carbocycles. The van der Waals surface area contributed by atoms with Gasteiger partial charge in [-0.15, -0.1) is 0 Å². The lowest BCUT2D eigenvalue weighted by Gasteiger charge is -2.32. The van der Waals surface area contributed by atoms with Crippen molar-refractivity contribution in [3.8, 4) is 0 Å². The van der Waals surface area contributed by atoms with Crippen molar-refractivity contribution in [1.29, 1.82) is 0 Å². The number of esters is 1. The Kier molecular flexibility index (Phi) is 3.72. The van der Waals surface area contributed by atoms with E-state index in [-0.39, 0.29) is 5.56 Å². The Morgan fingerprint density at radius 1 is 1.40 bits per heavy atom. The van der Waals surface area contributed by atoms with Crippen LogP contribution in [0.25, 0.3) is 0 Å². The van der Waals surface area contributed by atoms with Gasteiger partial charge in [-0.1, -0.05) is 6.07 Å². The summed E-state index contributed by atoms with van der Waals surface area (Å²) in [7, 11) is 1.25. The van der Waals surface area contributed by atoms with Crippen molar-refractivity contribution in [2.24, 2.45) is 0 Å². The number of ether oxygens (including phenoxy) is 2. The summed E-state index contributed by atoms with van der Waals surface area (Å²) in [6.07, 6.45) is 2.90. The normalized spacial score (nSPS) is 25.7. The van der Waals surface area contributed by atoms with Crippen molar-refractivity contribution in [1.82, 2.24) is 4.90 Å². The second kappa shape index (κ2) is 5.50. The van der Waals surface area contributed by atoms with Crippen LogP contribution < -0.4 is 0 Å². The van der Waals surface area contributed by atoms with Gasteiger partial charge < -0.3 is 9.47 Å². The first-order valence-electron chi connectivity index (χ1n) is 6.90. The zero-order chi connectivity index (χ0) is 14.1. The Hall–Kier alpha value is -1.46. The summed E-state index contributed by atoms with van der Waals surface area (Å²) >= 11 is 0. The Labute approximate surface area is 117 Å². The molecule has 2 aliphatic heterocycles. The van der Waals surface area contributed by atoms with Crippen LogP contribution in [0.4, 0.5) is 4.39 Å². The van der Waals surface area contributed by atoms with E-state index >= 15 is 0 Å². The smallest absolute Gasteiger partial charge is 0.340 e. The predicted molar refractivity (Wildman–Crippen MR) is 70.9 cm³/mol. The topological polar surface area (TPSA) is 38.8 Å². The number of fused-ring (bicyclic) bond motifs is 2. The Morgan fingerprint density at radius 3 is 2.70 bits per heavy atom. The van der Waals surface area contributed by atoms with Gasteiger partial charge in [-0.25, -0.2) is 9.18 Å². The second-order valence-electron chi connectivity index (χ2n) is 5.46. The van der Waals surface area contributed by atoms with Crippen molar-refractivity contribution in [2.75, 3.05) is 20.2 Å². The molecule has 5 heteroatoms. The zero-order valence-electron chi connectivity index (χ0n) is 11.5. The van der Waals surface area contributed by atoms with Crippen LogP contribution >= 0.6 is 0 Å². The number of morpholine rings is 1. The molecule has 0 aromatic heterocycles. The number of likely N-dealkylation sites (tertiary alicyclic amines) is 1. The predicted octanol–water partition coefficient (Wildman–Crippen LogP) is 1.98. The highest BCUT2D eigenvalue weighted by molar-refractivity contribution is 5.89. The van der Waals surface area contributed by atoms with Crippen LogP contribution in [0.15, 0.2) is 18.2 Å². The Bertz CT molecular complexity index is 508. The highest BCUT2D eigenvalue weighted by Gasteiger charge is 2.33. The van der Waals surface area contributed by atoms with Crippen molar-refractivity contribution < 1.29 is 18.7 Å². The average molecular weight is 279 g/mol. The van der Waals surface area contributed by atoms with Gasteiger partial charge in [-0.05, 0) is 30.5 Å². The molecule has 3 rings (SSSR count). The highest BCUT2D eigenvalue weighted by atomic mass is 19.1. The van der Waals surface area contributed by atoms with E-state index in [0.717, 1.165) is 31.5 Å². The van der Waals surface area contributed by atoms with Crippen molar-refractivity contribution in [2.45, 2.75) is 31.6 Å². The standard InChI is InChI=1S/C15H18FNO3/c1-19-15(18)13-5-2-10(6-14(13)16)7-17-8-11-3-4-12(9-17)20-11/h2,5-6,11-12H,3-4,7-9H2,1H3. The molecule has 20 heavy (non-hydrogen) atoms. The van der Waals surface area contributed by atoms with Gasteiger partial charge in [0.05, 0.1) is 24.9 Å². The van der Waals surface area contributed by atoms with E-state index < -0.39 is 11.8 Å². The summed E-state index contributed by atoms with van der Waals surface area (Å²) < 4.78 is 24.2. The molecular weight excluding hydrogens is 261 g/mol. The van der Waals surface area contributed by atoms with E-state index in [2.05, 4.69) is 9.64 Å². The van der Waals surface area contributed by atoms with Crippen LogP contribution in [-0.2, 0) is 16.0 Å². The van der Waals surface area contributed by atoms with Crippen molar-refractivity contribution in [3.63, 3.8) is 0 Å². The molecule has 1 aromatic rings. The molecule has 2 heterocycles. The fourth-order valence-electron chi connectivity index (χ4n) is 3.02. The fraction of sp³-hybridized carbons (Fsp3) is 0.533. The van der Waals surface area contributed by atoms with Crippen LogP contribution in [0, 0.1) is 5.82 Å². The van der Waals surface area contributed by atoms with E-state index in [1.165, 1.54) is 19.2 Å². The summed E-state index contributed by atoms with van der Waals surface area (Å²) in [5.74, 6) is -1.16. The third-order valence-electron chi connectivity index (χ3n) is 3.96. The summed E-state index contributed by atoms with van der Waals surface area (Å²) in [6.45, 7) is 2.49. The maximum atomic E-state index is 13.9. The summed E-state index contributed by atoms with van der Waals surface area (Å²) in [5, 5.41) is 0. The lowest BCUT2D eigenvalue weighted by Crippen LogP contribution is -2.41. The molecule has 2 aliphatic rings. The molecule has 2 unspecified atom stereocenters. The summed E-state index contributed by atoms with van der Waals surface area (Å²) in [6, 6.07) is 4.70. The van der Waals surface area contributed by atoms with Crippen LogP contribution in [0.5, 0.6) is 0 Å².